The number of rotatable bonds is 5. The third-order valence-corrected chi connectivity index (χ3v) is 2.92. The van der Waals surface area contributed by atoms with Crippen LogP contribution in [0.1, 0.15) is 35.4 Å². The summed E-state index contributed by atoms with van der Waals surface area (Å²) in [6.07, 6.45) is 3.21. The molecule has 0 bridgehead atoms. The van der Waals surface area contributed by atoms with E-state index in [1.807, 2.05) is 0 Å². The Kier molecular flexibility index (Phi) is 3.70. The molecule has 1 fully saturated rings. The summed E-state index contributed by atoms with van der Waals surface area (Å²) in [5.41, 5.74) is 5.93. The zero-order chi connectivity index (χ0) is 12.3. The molecule has 1 aromatic heterocycles. The molecule has 7 heteroatoms. The minimum atomic E-state index is -1.09. The standard InChI is InChI=1S/C10H16N4O3/c11-6-8-9(10(15)16)12-13-14(8)4-3-7-2-1-5-17-7/h7H,1-6,11H2,(H,15,16). The van der Waals surface area contributed by atoms with Gasteiger partial charge in [0.1, 0.15) is 0 Å². The number of hydrogen-bond donors (Lipinski definition) is 2. The Morgan fingerprint density at radius 3 is 3.06 bits per heavy atom. The maximum atomic E-state index is 10.9. The number of carbonyl (C=O) groups is 1. The summed E-state index contributed by atoms with van der Waals surface area (Å²) < 4.78 is 7.05. The zero-order valence-electron chi connectivity index (χ0n) is 9.50. The molecule has 0 saturated carbocycles. The summed E-state index contributed by atoms with van der Waals surface area (Å²) >= 11 is 0. The van der Waals surface area contributed by atoms with Crippen LogP contribution in [0, 0.1) is 0 Å². The molecule has 1 atom stereocenters. The Hall–Kier alpha value is -1.47. The predicted octanol–water partition coefficient (Wildman–Crippen LogP) is 0.00410. The number of hydrogen-bond acceptors (Lipinski definition) is 5. The topological polar surface area (TPSA) is 103 Å². The lowest BCUT2D eigenvalue weighted by atomic mass is 10.2. The predicted molar refractivity (Wildman–Crippen MR) is 58.5 cm³/mol. The van der Waals surface area contributed by atoms with Gasteiger partial charge in [-0.05, 0) is 19.3 Å². The van der Waals surface area contributed by atoms with E-state index in [9.17, 15) is 4.79 Å². The van der Waals surface area contributed by atoms with E-state index >= 15 is 0 Å². The molecular weight excluding hydrogens is 224 g/mol. The maximum Gasteiger partial charge on any atom is 0.358 e. The lowest BCUT2D eigenvalue weighted by Gasteiger charge is -2.10. The van der Waals surface area contributed by atoms with Crippen molar-refractivity contribution in [2.45, 2.75) is 38.5 Å². The molecule has 0 aromatic carbocycles. The van der Waals surface area contributed by atoms with Crippen LogP contribution in [0.25, 0.3) is 0 Å². The molecule has 1 unspecified atom stereocenters. The Bertz CT molecular complexity index is 398. The number of carboxylic acids is 1. The molecule has 0 amide bonds. The summed E-state index contributed by atoms with van der Waals surface area (Å²) in [5, 5.41) is 16.3. The molecule has 0 aliphatic carbocycles. The summed E-state index contributed by atoms with van der Waals surface area (Å²) in [5.74, 6) is -1.09. The van der Waals surface area contributed by atoms with E-state index in [2.05, 4.69) is 10.3 Å². The van der Waals surface area contributed by atoms with Gasteiger partial charge in [0.25, 0.3) is 0 Å². The first kappa shape index (κ1) is 12.0. The third-order valence-electron chi connectivity index (χ3n) is 2.92. The summed E-state index contributed by atoms with van der Waals surface area (Å²) in [6.45, 7) is 1.53. The maximum absolute atomic E-state index is 10.9. The Labute approximate surface area is 98.5 Å². The van der Waals surface area contributed by atoms with Crippen molar-refractivity contribution in [3.8, 4) is 0 Å². The monoisotopic (exact) mass is 240 g/mol. The minimum Gasteiger partial charge on any atom is -0.476 e. The van der Waals surface area contributed by atoms with Crippen molar-refractivity contribution in [2.24, 2.45) is 5.73 Å². The van der Waals surface area contributed by atoms with Gasteiger partial charge in [-0.3, -0.25) is 0 Å². The SMILES string of the molecule is NCc1c(C(=O)O)nnn1CCC1CCCO1. The van der Waals surface area contributed by atoms with E-state index in [0.717, 1.165) is 25.9 Å². The van der Waals surface area contributed by atoms with Gasteiger partial charge in [-0.2, -0.15) is 0 Å². The molecule has 2 rings (SSSR count). The summed E-state index contributed by atoms with van der Waals surface area (Å²) in [7, 11) is 0. The van der Waals surface area contributed by atoms with Crippen molar-refractivity contribution in [1.29, 1.82) is 0 Å². The van der Waals surface area contributed by atoms with Gasteiger partial charge in [-0.25, -0.2) is 9.48 Å². The van der Waals surface area contributed by atoms with Crippen LogP contribution < -0.4 is 5.73 Å². The van der Waals surface area contributed by atoms with Gasteiger partial charge in [0.15, 0.2) is 5.69 Å². The molecule has 0 spiro atoms. The van der Waals surface area contributed by atoms with E-state index < -0.39 is 5.97 Å². The zero-order valence-corrected chi connectivity index (χ0v) is 9.50. The van der Waals surface area contributed by atoms with Crippen LogP contribution in [-0.2, 0) is 17.8 Å². The first-order valence-corrected chi connectivity index (χ1v) is 5.69. The van der Waals surface area contributed by atoms with Crippen molar-refractivity contribution in [3.05, 3.63) is 11.4 Å². The van der Waals surface area contributed by atoms with Crippen LogP contribution in [0.15, 0.2) is 0 Å². The van der Waals surface area contributed by atoms with Crippen molar-refractivity contribution in [3.63, 3.8) is 0 Å². The number of aromatic carboxylic acids is 1. The lowest BCUT2D eigenvalue weighted by molar-refractivity contribution is 0.0689. The Balaban J connectivity index is 2.02. The molecular formula is C10H16N4O3. The Morgan fingerprint density at radius 2 is 2.47 bits per heavy atom. The highest BCUT2D eigenvalue weighted by Gasteiger charge is 2.20. The van der Waals surface area contributed by atoms with Gasteiger partial charge in [0.05, 0.1) is 11.8 Å². The van der Waals surface area contributed by atoms with Gasteiger partial charge in [0, 0.05) is 19.7 Å². The Morgan fingerprint density at radius 1 is 1.65 bits per heavy atom. The number of nitrogens with zero attached hydrogens (tertiary/aromatic N) is 3. The first-order valence-electron chi connectivity index (χ1n) is 5.69. The second-order valence-electron chi connectivity index (χ2n) is 4.04. The van der Waals surface area contributed by atoms with Crippen LogP contribution >= 0.6 is 0 Å². The molecule has 17 heavy (non-hydrogen) atoms. The molecule has 2 heterocycles. The molecule has 7 nitrogen and oxygen atoms in total. The molecule has 94 valence electrons. The van der Waals surface area contributed by atoms with E-state index in [4.69, 9.17) is 15.6 Å². The highest BCUT2D eigenvalue weighted by atomic mass is 16.5. The fourth-order valence-corrected chi connectivity index (χ4v) is 2.02. The van der Waals surface area contributed by atoms with Crippen molar-refractivity contribution >= 4 is 5.97 Å². The number of aromatic nitrogens is 3. The van der Waals surface area contributed by atoms with Gasteiger partial charge < -0.3 is 15.6 Å². The largest absolute Gasteiger partial charge is 0.476 e. The van der Waals surface area contributed by atoms with Crippen LogP contribution in [-0.4, -0.2) is 38.8 Å². The van der Waals surface area contributed by atoms with Crippen LogP contribution in [0.2, 0.25) is 0 Å². The number of carboxylic acid groups (broad SMARTS) is 1. The molecule has 1 aliphatic heterocycles. The van der Waals surface area contributed by atoms with Gasteiger partial charge in [-0.15, -0.1) is 5.10 Å². The molecule has 0 radical (unpaired) electrons. The van der Waals surface area contributed by atoms with E-state index in [0.29, 0.717) is 12.2 Å². The van der Waals surface area contributed by atoms with Crippen LogP contribution in [0.3, 0.4) is 0 Å². The van der Waals surface area contributed by atoms with Crippen molar-refractivity contribution < 1.29 is 14.6 Å². The molecule has 1 saturated heterocycles. The summed E-state index contributed by atoms with van der Waals surface area (Å²) in [4.78, 5) is 10.9. The average Bonchev–Trinajstić information content (AvgIpc) is 2.95. The van der Waals surface area contributed by atoms with Gasteiger partial charge in [0.2, 0.25) is 0 Å². The average molecular weight is 240 g/mol. The van der Waals surface area contributed by atoms with E-state index in [-0.39, 0.29) is 18.3 Å². The van der Waals surface area contributed by atoms with Gasteiger partial charge >= 0.3 is 5.97 Å². The third kappa shape index (κ3) is 2.62. The van der Waals surface area contributed by atoms with E-state index in [1.165, 1.54) is 0 Å². The molecule has 1 aliphatic rings. The van der Waals surface area contributed by atoms with Crippen molar-refractivity contribution in [1.82, 2.24) is 15.0 Å². The normalized spacial score (nSPS) is 19.7. The molecule has 3 N–H and O–H groups in total. The highest BCUT2D eigenvalue weighted by Crippen LogP contribution is 2.16. The van der Waals surface area contributed by atoms with Gasteiger partial charge in [-0.1, -0.05) is 5.21 Å². The van der Waals surface area contributed by atoms with Crippen LogP contribution in [0.4, 0.5) is 0 Å². The second-order valence-corrected chi connectivity index (χ2v) is 4.04. The highest BCUT2D eigenvalue weighted by molar-refractivity contribution is 5.86. The first-order chi connectivity index (χ1) is 8.22. The van der Waals surface area contributed by atoms with Crippen molar-refractivity contribution in [2.75, 3.05) is 6.61 Å². The van der Waals surface area contributed by atoms with Crippen LogP contribution in [0.5, 0.6) is 0 Å². The fraction of sp³-hybridized carbons (Fsp3) is 0.700. The second kappa shape index (κ2) is 5.24. The van der Waals surface area contributed by atoms with E-state index in [1.54, 1.807) is 4.68 Å². The summed E-state index contributed by atoms with van der Waals surface area (Å²) in [6, 6.07) is 0. The minimum absolute atomic E-state index is 0.0557. The fourth-order valence-electron chi connectivity index (χ4n) is 2.02. The molecule has 1 aromatic rings. The quantitative estimate of drug-likeness (QED) is 0.751. The smallest absolute Gasteiger partial charge is 0.358 e. The number of aryl methyl sites for hydroxylation is 1. The number of ether oxygens (including phenoxy) is 1. The number of nitrogens with two attached hydrogens (primary N) is 1. The lowest BCUT2D eigenvalue weighted by Crippen LogP contribution is -2.16.